The second-order valence-electron chi connectivity index (χ2n) is 6.01. The van der Waals surface area contributed by atoms with Crippen LogP contribution in [-0.2, 0) is 29.1 Å². The highest BCUT2D eigenvalue weighted by Gasteiger charge is 2.27. The van der Waals surface area contributed by atoms with Crippen molar-refractivity contribution >= 4 is 51.2 Å². The smallest absolute Gasteiger partial charge is 0.337 e. The van der Waals surface area contributed by atoms with Gasteiger partial charge in [-0.15, -0.1) is 0 Å². The van der Waals surface area contributed by atoms with Crippen LogP contribution in [0, 0.1) is 0 Å². The standard InChI is InChI=1S/C17H19Cl2N3O7S/c1-3-28-16(24)11-7-20-17(25)21-14(11)8-29-15(23)9(2)22-30(26,27)10-4-5-12(18)13(19)6-10/h4-6,9,22H,3,7-8H2,1-2H3,(H2,20,21,25). The molecule has 1 aromatic rings. The number of rotatable bonds is 8. The minimum Gasteiger partial charge on any atom is -0.463 e. The van der Waals surface area contributed by atoms with Gasteiger partial charge in [-0.25, -0.2) is 18.0 Å². The van der Waals surface area contributed by atoms with Crippen molar-refractivity contribution in [1.82, 2.24) is 15.4 Å². The summed E-state index contributed by atoms with van der Waals surface area (Å²) in [6.45, 7) is 2.46. The third kappa shape index (κ3) is 6.08. The van der Waals surface area contributed by atoms with E-state index in [1.165, 1.54) is 19.1 Å². The van der Waals surface area contributed by atoms with Gasteiger partial charge in [0, 0.05) is 0 Å². The Hall–Kier alpha value is -2.34. The summed E-state index contributed by atoms with van der Waals surface area (Å²) in [5, 5.41) is 5.00. The van der Waals surface area contributed by atoms with Gasteiger partial charge in [-0.3, -0.25) is 4.79 Å². The molecule has 0 fully saturated rings. The first kappa shape index (κ1) is 23.9. The Bertz CT molecular complexity index is 995. The van der Waals surface area contributed by atoms with Crippen LogP contribution in [0.5, 0.6) is 0 Å². The summed E-state index contributed by atoms with van der Waals surface area (Å²) in [4.78, 5) is 35.5. The van der Waals surface area contributed by atoms with Crippen molar-refractivity contribution < 1.29 is 32.3 Å². The van der Waals surface area contributed by atoms with Crippen molar-refractivity contribution in [3.05, 3.63) is 39.5 Å². The molecule has 13 heteroatoms. The predicted molar refractivity (Wildman–Crippen MR) is 107 cm³/mol. The van der Waals surface area contributed by atoms with Crippen LogP contribution < -0.4 is 15.4 Å². The Kier molecular flexibility index (Phi) is 8.07. The number of hydrogen-bond acceptors (Lipinski definition) is 7. The summed E-state index contributed by atoms with van der Waals surface area (Å²) in [6, 6.07) is 1.84. The van der Waals surface area contributed by atoms with Crippen LogP contribution in [0.25, 0.3) is 0 Å². The van der Waals surface area contributed by atoms with Gasteiger partial charge in [0.2, 0.25) is 10.0 Å². The molecule has 0 aromatic heterocycles. The van der Waals surface area contributed by atoms with E-state index >= 15 is 0 Å². The zero-order valence-electron chi connectivity index (χ0n) is 16.0. The van der Waals surface area contributed by atoms with Gasteiger partial charge < -0.3 is 20.1 Å². The fourth-order valence-electron chi connectivity index (χ4n) is 2.33. The number of amides is 2. The molecule has 30 heavy (non-hydrogen) atoms. The van der Waals surface area contributed by atoms with E-state index < -0.39 is 40.6 Å². The first-order valence-electron chi connectivity index (χ1n) is 8.63. The highest BCUT2D eigenvalue weighted by Crippen LogP contribution is 2.24. The second kappa shape index (κ2) is 10.1. The molecule has 2 rings (SSSR count). The van der Waals surface area contributed by atoms with E-state index in [0.29, 0.717) is 0 Å². The fourth-order valence-corrected chi connectivity index (χ4v) is 3.91. The normalized spacial score (nSPS) is 15.1. The molecule has 1 heterocycles. The van der Waals surface area contributed by atoms with E-state index in [9.17, 15) is 22.8 Å². The maximum Gasteiger partial charge on any atom is 0.337 e. The lowest BCUT2D eigenvalue weighted by atomic mass is 10.1. The average molecular weight is 480 g/mol. The van der Waals surface area contributed by atoms with Gasteiger partial charge in [0.15, 0.2) is 0 Å². The predicted octanol–water partition coefficient (Wildman–Crippen LogP) is 1.33. The minimum atomic E-state index is -4.09. The number of ether oxygens (including phenoxy) is 2. The molecule has 1 atom stereocenters. The zero-order chi connectivity index (χ0) is 22.5. The molecule has 1 aliphatic rings. The largest absolute Gasteiger partial charge is 0.463 e. The SMILES string of the molecule is CCOC(=O)C1=C(COC(=O)C(C)NS(=O)(=O)c2ccc(Cl)c(Cl)c2)NC(=O)NC1. The monoisotopic (exact) mass is 479 g/mol. The first-order chi connectivity index (χ1) is 14.0. The maximum atomic E-state index is 12.4. The van der Waals surface area contributed by atoms with E-state index in [4.69, 9.17) is 32.7 Å². The lowest BCUT2D eigenvalue weighted by Crippen LogP contribution is -2.46. The van der Waals surface area contributed by atoms with Gasteiger partial charge in [0.25, 0.3) is 0 Å². The van der Waals surface area contributed by atoms with Crippen molar-refractivity contribution in [1.29, 1.82) is 0 Å². The molecule has 1 aliphatic heterocycles. The van der Waals surface area contributed by atoms with Crippen molar-refractivity contribution in [2.75, 3.05) is 19.8 Å². The van der Waals surface area contributed by atoms with E-state index in [1.54, 1.807) is 6.92 Å². The highest BCUT2D eigenvalue weighted by atomic mass is 35.5. The summed E-state index contributed by atoms with van der Waals surface area (Å²) >= 11 is 11.6. The van der Waals surface area contributed by atoms with Crippen molar-refractivity contribution in [2.45, 2.75) is 24.8 Å². The van der Waals surface area contributed by atoms with Gasteiger partial charge in [0.05, 0.1) is 39.4 Å². The van der Waals surface area contributed by atoms with Gasteiger partial charge in [0.1, 0.15) is 12.6 Å². The third-order valence-corrected chi connectivity index (χ3v) is 6.10. The Balaban J connectivity index is 2.06. The molecule has 0 bridgehead atoms. The fraction of sp³-hybridized carbons (Fsp3) is 0.353. The molecular weight excluding hydrogens is 461 g/mol. The van der Waals surface area contributed by atoms with Gasteiger partial charge >= 0.3 is 18.0 Å². The van der Waals surface area contributed by atoms with Crippen LogP contribution >= 0.6 is 23.2 Å². The number of hydrogen-bond donors (Lipinski definition) is 3. The van der Waals surface area contributed by atoms with E-state index in [0.717, 1.165) is 6.07 Å². The van der Waals surface area contributed by atoms with E-state index in [-0.39, 0.29) is 39.4 Å². The molecule has 1 aromatic carbocycles. The quantitative estimate of drug-likeness (QED) is 0.477. The Morgan fingerprint density at radius 1 is 1.23 bits per heavy atom. The molecule has 10 nitrogen and oxygen atoms in total. The van der Waals surface area contributed by atoms with Gasteiger partial charge in [-0.2, -0.15) is 4.72 Å². The first-order valence-corrected chi connectivity index (χ1v) is 10.9. The molecule has 1 unspecified atom stereocenters. The van der Waals surface area contributed by atoms with Crippen molar-refractivity contribution in [3.63, 3.8) is 0 Å². The van der Waals surface area contributed by atoms with Crippen LogP contribution in [0.3, 0.4) is 0 Å². The third-order valence-electron chi connectivity index (χ3n) is 3.82. The molecule has 3 N–H and O–H groups in total. The highest BCUT2D eigenvalue weighted by molar-refractivity contribution is 7.89. The molecule has 0 spiro atoms. The molecule has 0 saturated carbocycles. The molecule has 2 amide bonds. The molecule has 0 aliphatic carbocycles. The zero-order valence-corrected chi connectivity index (χ0v) is 18.3. The number of carbonyl (C=O) groups is 3. The number of nitrogens with one attached hydrogen (secondary N) is 3. The van der Waals surface area contributed by atoms with Crippen LogP contribution in [0.2, 0.25) is 10.0 Å². The maximum absolute atomic E-state index is 12.4. The topological polar surface area (TPSA) is 140 Å². The minimum absolute atomic E-state index is 0.0369. The average Bonchev–Trinajstić information content (AvgIpc) is 2.67. The number of halogens is 2. The van der Waals surface area contributed by atoms with Gasteiger partial charge in [-0.1, -0.05) is 23.2 Å². The Morgan fingerprint density at radius 2 is 1.93 bits per heavy atom. The molecular formula is C17H19Cl2N3O7S. The summed E-state index contributed by atoms with van der Waals surface area (Å²) in [6.07, 6.45) is 0. The molecule has 0 radical (unpaired) electrons. The second-order valence-corrected chi connectivity index (χ2v) is 8.54. The van der Waals surface area contributed by atoms with Crippen LogP contribution in [0.1, 0.15) is 13.8 Å². The van der Waals surface area contributed by atoms with E-state index in [1.807, 2.05) is 0 Å². The summed E-state index contributed by atoms with van der Waals surface area (Å²) in [7, 11) is -4.09. The molecule has 0 saturated heterocycles. The van der Waals surface area contributed by atoms with Crippen molar-refractivity contribution in [2.24, 2.45) is 0 Å². The van der Waals surface area contributed by atoms with Crippen LogP contribution in [0.4, 0.5) is 4.79 Å². The Morgan fingerprint density at radius 3 is 2.57 bits per heavy atom. The summed E-state index contributed by atoms with van der Waals surface area (Å²) < 4.78 is 36.9. The van der Waals surface area contributed by atoms with Gasteiger partial charge in [-0.05, 0) is 32.0 Å². The number of carbonyl (C=O) groups excluding carboxylic acids is 3. The number of sulfonamides is 1. The summed E-state index contributed by atoms with van der Waals surface area (Å²) in [5.41, 5.74) is 0.137. The van der Waals surface area contributed by atoms with E-state index in [2.05, 4.69) is 15.4 Å². The Labute approximate surface area is 182 Å². The van der Waals surface area contributed by atoms with Crippen molar-refractivity contribution in [3.8, 4) is 0 Å². The summed E-state index contributed by atoms with van der Waals surface area (Å²) in [5.74, 6) is -1.61. The van der Waals surface area contributed by atoms with Crippen LogP contribution in [-0.4, -0.2) is 52.2 Å². The number of urea groups is 1. The lowest BCUT2D eigenvalue weighted by Gasteiger charge is -2.21. The number of esters is 2. The van der Waals surface area contributed by atoms with Crippen LogP contribution in [0.15, 0.2) is 34.4 Å². The molecule has 164 valence electrons. The lowest BCUT2D eigenvalue weighted by molar-refractivity contribution is -0.145. The number of benzene rings is 1.